The summed E-state index contributed by atoms with van der Waals surface area (Å²) in [4.78, 5) is 21.4. The third-order valence-corrected chi connectivity index (χ3v) is 9.68. The Balaban J connectivity index is 0.00000400. The maximum Gasteiger partial charge on any atom is 3.00 e. The third kappa shape index (κ3) is 6.31. The van der Waals surface area contributed by atoms with Crippen molar-refractivity contribution in [3.8, 4) is 44.5 Å². The van der Waals surface area contributed by atoms with Gasteiger partial charge in [-0.15, -0.1) is 22.1 Å². The summed E-state index contributed by atoms with van der Waals surface area (Å²) >= 11 is 0. The molecule has 7 aromatic heterocycles. The molecule has 9 rings (SSSR count). The molecule has 254 valence electrons. The van der Waals surface area contributed by atoms with Crippen LogP contribution >= 0.6 is 0 Å². The van der Waals surface area contributed by atoms with Gasteiger partial charge in [-0.3, -0.25) is 0 Å². The standard InChI is InChI=1S/C44H36N8.Mn/c1-49-21-13-29(14-22-49)41-33-5-7-35(45-33)42(30-15-23-50(2)24-16-30)37-9-11-39(47-37)44(32-19-27-52(4)28-20-32)40-12-10-38(48-40)43(36-8-6-34(41)46-36)31-17-25-51(3)26-18-31;/h5-28H,1-4H3;/q+2;+3. The second-order valence-electron chi connectivity index (χ2n) is 13.4. The van der Waals surface area contributed by atoms with Gasteiger partial charge >= 0.3 is 17.1 Å². The molecule has 0 spiro atoms. The molecule has 0 saturated carbocycles. The molecule has 0 radical (unpaired) electrons. The van der Waals surface area contributed by atoms with E-state index in [4.69, 9.17) is 19.9 Å². The van der Waals surface area contributed by atoms with Crippen molar-refractivity contribution in [2.45, 2.75) is 0 Å². The summed E-state index contributed by atoms with van der Waals surface area (Å²) in [5, 5.41) is 0. The van der Waals surface area contributed by atoms with E-state index in [9.17, 15) is 0 Å². The summed E-state index contributed by atoms with van der Waals surface area (Å²) in [6.07, 6.45) is 24.9. The zero-order valence-electron chi connectivity index (χ0n) is 29.8. The Bertz CT molecular complexity index is 2370. The first-order chi connectivity index (χ1) is 25.4. The average Bonchev–Trinajstić information content (AvgIpc) is 3.99. The maximum absolute atomic E-state index is 5.35. The van der Waals surface area contributed by atoms with Gasteiger partial charge in [-0.1, -0.05) is 24.3 Å². The van der Waals surface area contributed by atoms with Crippen LogP contribution in [0, 0.1) is 0 Å². The van der Waals surface area contributed by atoms with Crippen LogP contribution in [-0.4, -0.2) is 9.97 Å². The molecule has 0 N–H and O–H groups in total. The van der Waals surface area contributed by atoms with Crippen LogP contribution in [0.2, 0.25) is 0 Å². The molecule has 9 heteroatoms. The molecule has 0 fully saturated rings. The van der Waals surface area contributed by atoms with Gasteiger partial charge in [-0.2, -0.15) is 0 Å². The first kappa shape index (κ1) is 33.8. The molecule has 53 heavy (non-hydrogen) atoms. The van der Waals surface area contributed by atoms with Gasteiger partial charge < -0.3 is 9.97 Å². The normalized spacial score (nSPS) is 11.8. The van der Waals surface area contributed by atoms with E-state index in [1.807, 2.05) is 46.5 Å². The van der Waals surface area contributed by atoms with E-state index in [-0.39, 0.29) is 17.1 Å². The van der Waals surface area contributed by atoms with Crippen molar-refractivity contribution in [1.29, 1.82) is 0 Å². The summed E-state index contributed by atoms with van der Waals surface area (Å²) in [6.45, 7) is 0. The van der Waals surface area contributed by atoms with E-state index < -0.39 is 0 Å². The monoisotopic (exact) mass is 731 g/mol. The van der Waals surface area contributed by atoms with Gasteiger partial charge in [0.25, 0.3) is 0 Å². The Labute approximate surface area is 318 Å². The molecule has 9 heterocycles. The summed E-state index contributed by atoms with van der Waals surface area (Å²) < 4.78 is 8.14. The molecule has 2 aliphatic rings. The van der Waals surface area contributed by atoms with Crippen LogP contribution in [0.1, 0.15) is 22.8 Å². The Morgan fingerprint density at radius 3 is 0.755 bits per heavy atom. The number of nitrogens with zero attached hydrogens (tertiary/aromatic N) is 8. The second-order valence-corrected chi connectivity index (χ2v) is 13.4. The Morgan fingerprint density at radius 2 is 0.547 bits per heavy atom. The Hall–Kier alpha value is -6.28. The summed E-state index contributed by atoms with van der Waals surface area (Å²) in [5.41, 5.74) is 14.7. The number of rotatable bonds is 4. The first-order valence-electron chi connectivity index (χ1n) is 17.3. The van der Waals surface area contributed by atoms with E-state index in [2.05, 4.69) is 147 Å². The first-order valence-corrected chi connectivity index (χ1v) is 17.3. The fourth-order valence-corrected chi connectivity index (χ4v) is 6.94. The van der Waals surface area contributed by atoms with Gasteiger partial charge in [0.05, 0.1) is 22.8 Å². The largest absolute Gasteiger partial charge is 3.00 e. The van der Waals surface area contributed by atoms with Gasteiger partial charge in [-0.05, 0) is 68.8 Å². The zero-order valence-corrected chi connectivity index (χ0v) is 31.0. The predicted octanol–water partition coefficient (Wildman–Crippen LogP) is 5.88. The SMILES string of the molecule is C[n+]1ccc(-c2c3nc(c(-c4cc[n+](C)cc4)c4ccc([n-]4)c(-c4cc[n+](C)cc4)c4nc(c(-c5cc[n+](C)cc5)c5ccc2[n-]5)C=C4)C=C3)cc1.[Mn+3]. The van der Waals surface area contributed by atoms with Crippen LogP contribution in [0.5, 0.6) is 0 Å². The number of aromatic nitrogens is 8. The molecule has 0 aliphatic carbocycles. The van der Waals surface area contributed by atoms with Crippen molar-refractivity contribution in [2.75, 3.05) is 0 Å². The second kappa shape index (κ2) is 13.7. The molecule has 0 aromatic carbocycles. The molecular weight excluding hydrogens is 695 g/mol. The third-order valence-electron chi connectivity index (χ3n) is 9.68. The quantitative estimate of drug-likeness (QED) is 0.168. The van der Waals surface area contributed by atoms with Crippen LogP contribution in [0.3, 0.4) is 0 Å². The molecule has 0 atom stereocenters. The minimum atomic E-state index is 0. The van der Waals surface area contributed by atoms with Crippen molar-refractivity contribution in [3.63, 3.8) is 0 Å². The summed E-state index contributed by atoms with van der Waals surface area (Å²) in [7, 11) is 8.10. The van der Waals surface area contributed by atoms with Crippen LogP contribution < -0.4 is 28.2 Å². The number of hydrogen-bond acceptors (Lipinski definition) is 2. The zero-order chi connectivity index (χ0) is 35.3. The number of aryl methyl sites for hydroxylation is 4. The van der Waals surface area contributed by atoms with E-state index >= 15 is 0 Å². The van der Waals surface area contributed by atoms with E-state index in [0.717, 1.165) is 89.4 Å². The van der Waals surface area contributed by atoms with E-state index in [0.29, 0.717) is 0 Å². The van der Waals surface area contributed by atoms with Gasteiger partial charge in [0.1, 0.15) is 28.2 Å². The van der Waals surface area contributed by atoms with E-state index in [1.54, 1.807) is 0 Å². The Kier molecular flexibility index (Phi) is 8.74. The number of fused-ring (bicyclic) bond motifs is 8. The van der Waals surface area contributed by atoms with Crippen LogP contribution in [0.25, 0.3) is 90.9 Å². The fourth-order valence-electron chi connectivity index (χ4n) is 6.94. The van der Waals surface area contributed by atoms with Crippen LogP contribution in [0.4, 0.5) is 0 Å². The van der Waals surface area contributed by atoms with Crippen molar-refractivity contribution >= 4 is 46.4 Å². The van der Waals surface area contributed by atoms with Crippen molar-refractivity contribution in [2.24, 2.45) is 28.2 Å². The summed E-state index contributed by atoms with van der Waals surface area (Å²) in [6, 6.07) is 25.4. The minimum absolute atomic E-state index is 0. The summed E-state index contributed by atoms with van der Waals surface area (Å²) in [5.74, 6) is 0. The van der Waals surface area contributed by atoms with Crippen molar-refractivity contribution in [1.82, 2.24) is 19.9 Å². The molecular formula is C44H36MnN8+5. The smallest absolute Gasteiger partial charge is 0.657 e. The van der Waals surface area contributed by atoms with Gasteiger partial charge in [0, 0.05) is 48.5 Å². The van der Waals surface area contributed by atoms with Gasteiger partial charge in [0.2, 0.25) is 0 Å². The molecule has 8 nitrogen and oxygen atoms in total. The van der Waals surface area contributed by atoms with E-state index in [1.165, 1.54) is 0 Å². The molecule has 8 bridgehead atoms. The number of hydrogen-bond donors (Lipinski definition) is 0. The van der Waals surface area contributed by atoms with Crippen molar-refractivity contribution < 1.29 is 35.3 Å². The predicted molar refractivity (Wildman–Crippen MR) is 203 cm³/mol. The Morgan fingerprint density at radius 1 is 0.340 bits per heavy atom. The molecule has 0 unspecified atom stereocenters. The molecule has 2 aliphatic heterocycles. The van der Waals surface area contributed by atoms with Crippen molar-refractivity contribution in [3.05, 3.63) is 145 Å². The van der Waals surface area contributed by atoms with Crippen LogP contribution in [0.15, 0.2) is 122 Å². The average molecular weight is 732 g/mol. The fraction of sp³-hybridized carbons (Fsp3) is 0.0909. The molecule has 7 aromatic rings. The van der Waals surface area contributed by atoms with Gasteiger partial charge in [0.15, 0.2) is 49.6 Å². The molecule has 0 amide bonds. The van der Waals surface area contributed by atoms with Gasteiger partial charge in [-0.25, -0.2) is 28.2 Å². The number of pyridine rings is 4. The minimum Gasteiger partial charge on any atom is -0.657 e. The topological polar surface area (TPSA) is 69.5 Å². The molecule has 0 saturated heterocycles. The maximum atomic E-state index is 5.35. The van der Waals surface area contributed by atoms with Crippen LogP contribution in [-0.2, 0) is 45.3 Å².